The highest BCUT2D eigenvalue weighted by Crippen LogP contribution is 2.20. The highest BCUT2D eigenvalue weighted by atomic mass is 32.2. The van der Waals surface area contributed by atoms with Crippen LogP contribution in [0.25, 0.3) is 0 Å². The van der Waals surface area contributed by atoms with E-state index in [1.807, 2.05) is 0 Å². The Balaban J connectivity index is 2.19. The molecule has 0 unspecified atom stereocenters. The Morgan fingerprint density at radius 1 is 1.42 bits per heavy atom. The van der Waals surface area contributed by atoms with E-state index in [0.717, 1.165) is 18.4 Å². The zero-order valence-electron chi connectivity index (χ0n) is 10.9. The number of hydrogen-bond donors (Lipinski definition) is 1. The Kier molecular flexibility index (Phi) is 4.51. The fraction of sp³-hybridized carbons (Fsp3) is 0.583. The van der Waals surface area contributed by atoms with Gasteiger partial charge in [-0.05, 0) is 24.5 Å². The van der Waals surface area contributed by atoms with Crippen LogP contribution in [-0.2, 0) is 21.3 Å². The summed E-state index contributed by atoms with van der Waals surface area (Å²) in [5.41, 5.74) is 6.28. The summed E-state index contributed by atoms with van der Waals surface area (Å²) in [5.74, 6) is 0. The number of rotatable bonds is 4. The van der Waals surface area contributed by atoms with Crippen molar-refractivity contribution in [2.45, 2.75) is 30.5 Å². The number of nitrogens with two attached hydrogens (primary N) is 1. The zero-order valence-corrected chi connectivity index (χ0v) is 11.8. The molecule has 0 atom stereocenters. The van der Waals surface area contributed by atoms with E-state index >= 15 is 0 Å². The van der Waals surface area contributed by atoms with Crippen LogP contribution in [0.5, 0.6) is 0 Å². The molecule has 0 bridgehead atoms. The monoisotopic (exact) mass is 285 g/mol. The maximum atomic E-state index is 12.4. The molecule has 0 aromatic carbocycles. The van der Waals surface area contributed by atoms with Gasteiger partial charge < -0.3 is 10.5 Å². The molecule has 0 aliphatic carbocycles. The lowest BCUT2D eigenvalue weighted by Gasteiger charge is -2.30. The van der Waals surface area contributed by atoms with Gasteiger partial charge in [-0.2, -0.15) is 4.31 Å². The van der Waals surface area contributed by atoms with Crippen molar-refractivity contribution in [2.24, 2.45) is 5.73 Å². The lowest BCUT2D eigenvalue weighted by molar-refractivity contribution is 0.0631. The summed E-state index contributed by atoms with van der Waals surface area (Å²) in [4.78, 5) is 4.00. The summed E-state index contributed by atoms with van der Waals surface area (Å²) >= 11 is 0. The van der Waals surface area contributed by atoms with Crippen molar-refractivity contribution in [3.63, 3.8) is 0 Å². The van der Waals surface area contributed by atoms with Crippen LogP contribution in [0.4, 0.5) is 0 Å². The molecule has 1 aliphatic rings. The number of nitrogens with zero attached hydrogens (tertiary/aromatic N) is 2. The minimum absolute atomic E-state index is 0.0188. The fourth-order valence-electron chi connectivity index (χ4n) is 2.08. The van der Waals surface area contributed by atoms with Crippen molar-refractivity contribution < 1.29 is 13.2 Å². The predicted molar refractivity (Wildman–Crippen MR) is 70.9 cm³/mol. The molecule has 6 nitrogen and oxygen atoms in total. The molecule has 0 saturated carbocycles. The van der Waals surface area contributed by atoms with E-state index in [9.17, 15) is 8.42 Å². The average molecular weight is 285 g/mol. The van der Waals surface area contributed by atoms with Crippen molar-refractivity contribution in [1.29, 1.82) is 0 Å². The first-order valence-corrected chi connectivity index (χ1v) is 7.70. The lowest BCUT2D eigenvalue weighted by atomic mass is 10.1. The normalized spacial score (nSPS) is 17.8. The van der Waals surface area contributed by atoms with E-state index in [1.54, 1.807) is 13.1 Å². The van der Waals surface area contributed by atoms with Crippen molar-refractivity contribution in [3.8, 4) is 0 Å². The number of pyridine rings is 1. The van der Waals surface area contributed by atoms with Gasteiger partial charge in [-0.3, -0.25) is 0 Å². The number of hydrogen-bond acceptors (Lipinski definition) is 5. The van der Waals surface area contributed by atoms with Crippen LogP contribution in [0.1, 0.15) is 18.4 Å². The third-order valence-electron chi connectivity index (χ3n) is 3.38. The van der Waals surface area contributed by atoms with E-state index < -0.39 is 10.0 Å². The van der Waals surface area contributed by atoms with Crippen LogP contribution in [0, 0.1) is 0 Å². The maximum Gasteiger partial charge on any atom is 0.260 e. The van der Waals surface area contributed by atoms with Crippen molar-refractivity contribution in [1.82, 2.24) is 9.29 Å². The average Bonchev–Trinajstić information content (AvgIpc) is 2.47. The second kappa shape index (κ2) is 5.96. The van der Waals surface area contributed by atoms with Crippen LogP contribution in [-0.4, -0.2) is 44.0 Å². The van der Waals surface area contributed by atoms with Crippen LogP contribution in [0.15, 0.2) is 23.4 Å². The Morgan fingerprint density at radius 2 is 2.11 bits per heavy atom. The minimum Gasteiger partial charge on any atom is -0.381 e. The molecule has 1 aliphatic heterocycles. The van der Waals surface area contributed by atoms with Gasteiger partial charge in [0.15, 0.2) is 5.03 Å². The van der Waals surface area contributed by atoms with E-state index in [0.29, 0.717) is 19.8 Å². The minimum atomic E-state index is -3.54. The Hall–Kier alpha value is -1.02. The SMILES string of the molecule is CN(C1CCOCC1)S(=O)(=O)c1ccc(CN)cn1. The molecule has 1 fully saturated rings. The summed E-state index contributed by atoms with van der Waals surface area (Å²) in [6, 6.07) is 3.18. The topological polar surface area (TPSA) is 85.5 Å². The molecule has 7 heteroatoms. The molecule has 106 valence electrons. The molecule has 1 saturated heterocycles. The standard InChI is InChI=1S/C12H19N3O3S/c1-15(11-4-6-18-7-5-11)19(16,17)12-3-2-10(8-13)9-14-12/h2-3,9,11H,4-8,13H2,1H3. The number of sulfonamides is 1. The molecule has 0 spiro atoms. The van der Waals surface area contributed by atoms with Gasteiger partial charge in [0.25, 0.3) is 10.0 Å². The van der Waals surface area contributed by atoms with E-state index in [2.05, 4.69) is 4.98 Å². The Labute approximate surface area is 113 Å². The first-order chi connectivity index (χ1) is 9.05. The van der Waals surface area contributed by atoms with Crippen molar-refractivity contribution in [3.05, 3.63) is 23.9 Å². The van der Waals surface area contributed by atoms with Crippen LogP contribution < -0.4 is 5.73 Å². The summed E-state index contributed by atoms with van der Waals surface area (Å²) in [6.45, 7) is 1.55. The number of aromatic nitrogens is 1. The van der Waals surface area contributed by atoms with Gasteiger partial charge in [0.1, 0.15) is 0 Å². The molecular formula is C12H19N3O3S. The summed E-state index contributed by atoms with van der Waals surface area (Å²) < 4.78 is 31.5. The molecule has 2 rings (SSSR count). The fourth-order valence-corrected chi connectivity index (χ4v) is 3.40. The van der Waals surface area contributed by atoms with Crippen molar-refractivity contribution >= 4 is 10.0 Å². The van der Waals surface area contributed by atoms with Gasteiger partial charge in [0.2, 0.25) is 0 Å². The van der Waals surface area contributed by atoms with E-state index in [1.165, 1.54) is 16.6 Å². The van der Waals surface area contributed by atoms with Crippen LogP contribution >= 0.6 is 0 Å². The molecule has 0 radical (unpaired) electrons. The third-order valence-corrected chi connectivity index (χ3v) is 5.21. The summed E-state index contributed by atoms with van der Waals surface area (Å²) in [7, 11) is -1.94. The predicted octanol–water partition coefficient (Wildman–Crippen LogP) is 0.340. The summed E-state index contributed by atoms with van der Waals surface area (Å²) in [5, 5.41) is 0.0682. The Morgan fingerprint density at radius 3 is 2.63 bits per heavy atom. The first-order valence-electron chi connectivity index (χ1n) is 6.26. The first kappa shape index (κ1) is 14.4. The van der Waals surface area contributed by atoms with Gasteiger partial charge in [0, 0.05) is 39.0 Å². The second-order valence-corrected chi connectivity index (χ2v) is 6.52. The van der Waals surface area contributed by atoms with E-state index in [4.69, 9.17) is 10.5 Å². The molecule has 1 aromatic rings. The second-order valence-electron chi connectivity index (χ2n) is 4.57. The third kappa shape index (κ3) is 3.11. The van der Waals surface area contributed by atoms with Gasteiger partial charge in [0.05, 0.1) is 0 Å². The molecule has 19 heavy (non-hydrogen) atoms. The van der Waals surface area contributed by atoms with Crippen LogP contribution in [0.2, 0.25) is 0 Å². The van der Waals surface area contributed by atoms with Crippen LogP contribution in [0.3, 0.4) is 0 Å². The highest BCUT2D eigenvalue weighted by Gasteiger charge is 2.30. The lowest BCUT2D eigenvalue weighted by Crippen LogP contribution is -2.40. The Bertz CT molecular complexity index is 510. The van der Waals surface area contributed by atoms with Crippen molar-refractivity contribution in [2.75, 3.05) is 20.3 Å². The molecule has 2 N–H and O–H groups in total. The maximum absolute atomic E-state index is 12.4. The van der Waals surface area contributed by atoms with Gasteiger partial charge >= 0.3 is 0 Å². The highest BCUT2D eigenvalue weighted by molar-refractivity contribution is 7.89. The van der Waals surface area contributed by atoms with E-state index in [-0.39, 0.29) is 11.1 Å². The molecule has 2 heterocycles. The van der Waals surface area contributed by atoms with Gasteiger partial charge in [-0.1, -0.05) is 6.07 Å². The number of ether oxygens (including phenoxy) is 1. The zero-order chi connectivity index (χ0) is 13.9. The molecule has 1 aromatic heterocycles. The molecule has 0 amide bonds. The quantitative estimate of drug-likeness (QED) is 0.862. The summed E-state index contributed by atoms with van der Waals surface area (Å²) in [6.07, 6.45) is 2.94. The smallest absolute Gasteiger partial charge is 0.260 e. The van der Waals surface area contributed by atoms with Gasteiger partial charge in [-0.15, -0.1) is 0 Å². The molecular weight excluding hydrogens is 266 g/mol. The van der Waals surface area contributed by atoms with Gasteiger partial charge in [-0.25, -0.2) is 13.4 Å². The largest absolute Gasteiger partial charge is 0.381 e.